The van der Waals surface area contributed by atoms with Crippen LogP contribution in [-0.2, 0) is 4.79 Å². The van der Waals surface area contributed by atoms with Crippen LogP contribution in [0.4, 0.5) is 0 Å². The van der Waals surface area contributed by atoms with Crippen molar-refractivity contribution >= 4 is 28.4 Å². The van der Waals surface area contributed by atoms with Crippen LogP contribution in [0.1, 0.15) is 10.8 Å². The van der Waals surface area contributed by atoms with Crippen LogP contribution >= 0.6 is 11.8 Å². The number of thioether (sulfide) groups is 1. The smallest absolute Gasteiger partial charge is 0.257 e. The first-order valence-corrected chi connectivity index (χ1v) is 6.32. The molecule has 17 heavy (non-hydrogen) atoms. The highest BCUT2D eigenvalue weighted by Crippen LogP contribution is 2.56. The minimum atomic E-state index is -0.312. The van der Waals surface area contributed by atoms with Gasteiger partial charge in [0, 0.05) is 0 Å². The molecule has 1 aliphatic rings. The molecule has 2 N–H and O–H groups in total. The lowest BCUT2D eigenvalue weighted by Gasteiger charge is -2.04. The average Bonchev–Trinajstić information content (AvgIpc) is 3.17. The molecule has 2 aromatic carbocycles. The fourth-order valence-corrected chi connectivity index (χ4v) is 3.13. The molecule has 3 rings (SSSR count). The molecule has 1 amide bonds. The van der Waals surface area contributed by atoms with Crippen molar-refractivity contribution in [3.05, 3.63) is 48.0 Å². The lowest BCUT2D eigenvalue weighted by Crippen LogP contribution is -2.23. The number of amides is 1. The van der Waals surface area contributed by atoms with E-state index in [0.29, 0.717) is 0 Å². The minimum absolute atomic E-state index is 0.160. The van der Waals surface area contributed by atoms with Crippen LogP contribution in [0.15, 0.2) is 42.5 Å². The minimum Gasteiger partial charge on any atom is -0.289 e. The van der Waals surface area contributed by atoms with Crippen molar-refractivity contribution in [1.82, 2.24) is 5.48 Å². The number of benzene rings is 2. The number of hydrogen-bond donors (Lipinski definition) is 2. The van der Waals surface area contributed by atoms with Crippen LogP contribution < -0.4 is 5.48 Å². The molecule has 1 aliphatic heterocycles. The summed E-state index contributed by atoms with van der Waals surface area (Å²) in [5, 5.41) is 11.0. The molecule has 2 aromatic rings. The molecular weight excluding hydrogens is 234 g/mol. The van der Waals surface area contributed by atoms with Crippen molar-refractivity contribution in [1.29, 1.82) is 0 Å². The quantitative estimate of drug-likeness (QED) is 0.485. The van der Waals surface area contributed by atoms with Gasteiger partial charge in [-0.25, -0.2) is 5.48 Å². The molecule has 4 heteroatoms. The predicted molar refractivity (Wildman–Crippen MR) is 68.0 cm³/mol. The van der Waals surface area contributed by atoms with Gasteiger partial charge in [0.15, 0.2) is 0 Å². The van der Waals surface area contributed by atoms with E-state index in [1.807, 2.05) is 24.3 Å². The van der Waals surface area contributed by atoms with Gasteiger partial charge in [-0.15, -0.1) is 11.8 Å². The Morgan fingerprint density at radius 3 is 2.76 bits per heavy atom. The maximum atomic E-state index is 11.3. The largest absolute Gasteiger partial charge is 0.289 e. The summed E-state index contributed by atoms with van der Waals surface area (Å²) in [5.41, 5.74) is 2.88. The van der Waals surface area contributed by atoms with Gasteiger partial charge in [0.25, 0.3) is 5.91 Å². The van der Waals surface area contributed by atoms with E-state index in [0.717, 1.165) is 0 Å². The molecule has 0 radical (unpaired) electrons. The second-order valence-corrected chi connectivity index (χ2v) is 5.31. The average molecular weight is 245 g/mol. The number of hydrogen-bond acceptors (Lipinski definition) is 3. The molecule has 86 valence electrons. The van der Waals surface area contributed by atoms with Crippen molar-refractivity contribution in [3.63, 3.8) is 0 Å². The molecular formula is C13H11NO2S. The van der Waals surface area contributed by atoms with Crippen molar-refractivity contribution in [2.45, 2.75) is 10.5 Å². The Kier molecular flexibility index (Phi) is 2.53. The molecule has 0 spiro atoms. The third kappa shape index (κ3) is 1.79. The summed E-state index contributed by atoms with van der Waals surface area (Å²) in [6.07, 6.45) is 0. The normalized spacial score (nSPS) is 22.4. The van der Waals surface area contributed by atoms with Crippen molar-refractivity contribution in [2.75, 3.05) is 0 Å². The summed E-state index contributed by atoms with van der Waals surface area (Å²) in [5.74, 6) is -0.312. The highest BCUT2D eigenvalue weighted by Gasteiger charge is 2.45. The molecule has 2 atom stereocenters. The highest BCUT2D eigenvalue weighted by molar-refractivity contribution is 8.08. The third-order valence-electron chi connectivity index (χ3n) is 2.99. The van der Waals surface area contributed by atoms with Gasteiger partial charge in [-0.1, -0.05) is 42.5 Å². The van der Waals surface area contributed by atoms with Gasteiger partial charge in [0.2, 0.25) is 0 Å². The van der Waals surface area contributed by atoms with Crippen LogP contribution in [0.25, 0.3) is 10.8 Å². The molecule has 1 fully saturated rings. The van der Waals surface area contributed by atoms with Gasteiger partial charge in [0.1, 0.15) is 5.25 Å². The third-order valence-corrected chi connectivity index (χ3v) is 4.27. The van der Waals surface area contributed by atoms with Gasteiger partial charge in [-0.05, 0) is 16.3 Å². The second kappa shape index (κ2) is 4.05. The molecule has 0 saturated carbocycles. The number of hydroxylamine groups is 1. The number of carbonyl (C=O) groups is 1. The number of fused-ring (bicyclic) bond motifs is 1. The Labute approximate surface area is 103 Å². The highest BCUT2D eigenvalue weighted by atomic mass is 32.2. The maximum absolute atomic E-state index is 11.3. The zero-order chi connectivity index (χ0) is 11.8. The van der Waals surface area contributed by atoms with Crippen LogP contribution in [-0.4, -0.2) is 16.4 Å². The van der Waals surface area contributed by atoms with Crippen molar-refractivity contribution in [3.8, 4) is 0 Å². The second-order valence-electron chi connectivity index (χ2n) is 4.02. The lowest BCUT2D eigenvalue weighted by molar-refractivity contribution is -0.128. The topological polar surface area (TPSA) is 49.3 Å². The van der Waals surface area contributed by atoms with E-state index in [9.17, 15) is 4.79 Å². The molecule has 0 aliphatic carbocycles. The summed E-state index contributed by atoms with van der Waals surface area (Å²) in [6, 6.07) is 14.2. The van der Waals surface area contributed by atoms with Crippen LogP contribution in [0.2, 0.25) is 0 Å². The van der Waals surface area contributed by atoms with Crippen molar-refractivity contribution < 1.29 is 10.0 Å². The number of carbonyl (C=O) groups excluding carboxylic acids is 1. The van der Waals surface area contributed by atoms with Crippen LogP contribution in [0.5, 0.6) is 0 Å². The van der Waals surface area contributed by atoms with Gasteiger partial charge in [-0.2, -0.15) is 0 Å². The summed E-state index contributed by atoms with van der Waals surface area (Å²) in [4.78, 5) is 11.3. The van der Waals surface area contributed by atoms with E-state index >= 15 is 0 Å². The standard InChI is InChI=1S/C13H11NO2S/c15-13(14-16)12-11(17-12)10-7-3-5-8-4-1-2-6-9(8)10/h1-7,11-12,16H,(H,14,15). The lowest BCUT2D eigenvalue weighted by atomic mass is 10.0. The molecule has 2 unspecified atom stereocenters. The maximum Gasteiger partial charge on any atom is 0.257 e. The molecule has 3 nitrogen and oxygen atoms in total. The fourth-order valence-electron chi connectivity index (χ4n) is 2.11. The van der Waals surface area contributed by atoms with Gasteiger partial charge in [-0.3, -0.25) is 10.0 Å². The summed E-state index contributed by atoms with van der Waals surface area (Å²) >= 11 is 1.57. The van der Waals surface area contributed by atoms with E-state index < -0.39 is 0 Å². The zero-order valence-corrected chi connectivity index (χ0v) is 9.78. The van der Waals surface area contributed by atoms with E-state index in [4.69, 9.17) is 5.21 Å². The fraction of sp³-hybridized carbons (Fsp3) is 0.154. The first kappa shape index (κ1) is 10.6. The Morgan fingerprint density at radius 1 is 1.18 bits per heavy atom. The Hall–Kier alpha value is -1.52. The summed E-state index contributed by atoms with van der Waals surface area (Å²) in [7, 11) is 0. The van der Waals surface area contributed by atoms with E-state index in [1.165, 1.54) is 16.3 Å². The first-order valence-electron chi connectivity index (χ1n) is 5.38. The molecule has 0 aromatic heterocycles. The van der Waals surface area contributed by atoms with Gasteiger partial charge in [0.05, 0.1) is 5.25 Å². The summed E-state index contributed by atoms with van der Waals surface area (Å²) < 4.78 is 0. The predicted octanol–water partition coefficient (Wildman–Crippen LogP) is 2.50. The zero-order valence-electron chi connectivity index (χ0n) is 8.96. The SMILES string of the molecule is O=C(NO)C1SC1c1cccc2ccccc12. The Bertz CT molecular complexity index is 579. The Balaban J connectivity index is 2.00. The van der Waals surface area contributed by atoms with E-state index in [2.05, 4.69) is 18.2 Å². The van der Waals surface area contributed by atoms with Crippen LogP contribution in [0, 0.1) is 0 Å². The van der Waals surface area contributed by atoms with Crippen molar-refractivity contribution in [2.24, 2.45) is 0 Å². The van der Waals surface area contributed by atoms with Gasteiger partial charge < -0.3 is 0 Å². The molecule has 0 bridgehead atoms. The Morgan fingerprint density at radius 2 is 1.94 bits per heavy atom. The number of nitrogens with one attached hydrogen (secondary N) is 1. The van der Waals surface area contributed by atoms with Crippen LogP contribution in [0.3, 0.4) is 0 Å². The molecule has 1 heterocycles. The van der Waals surface area contributed by atoms with E-state index in [1.54, 1.807) is 17.2 Å². The van der Waals surface area contributed by atoms with E-state index in [-0.39, 0.29) is 16.4 Å². The monoisotopic (exact) mass is 245 g/mol. The number of rotatable bonds is 2. The molecule has 1 saturated heterocycles. The summed E-state index contributed by atoms with van der Waals surface area (Å²) in [6.45, 7) is 0. The first-order chi connectivity index (χ1) is 8.31. The van der Waals surface area contributed by atoms with Gasteiger partial charge >= 0.3 is 0 Å².